The summed E-state index contributed by atoms with van der Waals surface area (Å²) in [4.78, 5) is 11.4. The van der Waals surface area contributed by atoms with Crippen molar-refractivity contribution in [1.29, 1.82) is 0 Å². The number of aromatic nitrogens is 2. The molecule has 0 aliphatic carbocycles. The fourth-order valence-electron chi connectivity index (χ4n) is 3.23. The molecule has 0 bridgehead atoms. The number of aryl methyl sites for hydroxylation is 1. The van der Waals surface area contributed by atoms with Crippen molar-refractivity contribution in [3.05, 3.63) is 54.2 Å². The first-order valence-corrected chi connectivity index (χ1v) is 7.50. The molecule has 1 atom stereocenters. The van der Waals surface area contributed by atoms with E-state index < -0.39 is 0 Å². The van der Waals surface area contributed by atoms with Crippen LogP contribution in [0.15, 0.2) is 48.7 Å². The van der Waals surface area contributed by atoms with E-state index in [-0.39, 0.29) is 11.8 Å². The van der Waals surface area contributed by atoms with E-state index in [9.17, 15) is 4.79 Å². The number of fused-ring (bicyclic) bond motifs is 1. The van der Waals surface area contributed by atoms with Crippen molar-refractivity contribution in [2.75, 3.05) is 6.54 Å². The molecule has 2 aromatic carbocycles. The van der Waals surface area contributed by atoms with Crippen molar-refractivity contribution < 1.29 is 4.79 Å². The molecule has 1 N–H and O–H groups in total. The number of amides is 1. The van der Waals surface area contributed by atoms with Crippen LogP contribution in [0.5, 0.6) is 0 Å². The van der Waals surface area contributed by atoms with Crippen molar-refractivity contribution in [2.24, 2.45) is 7.05 Å². The molecule has 110 valence electrons. The summed E-state index contributed by atoms with van der Waals surface area (Å²) in [5.74, 6) is 0.422. The zero-order valence-electron chi connectivity index (χ0n) is 12.4. The fourth-order valence-corrected chi connectivity index (χ4v) is 3.23. The summed E-state index contributed by atoms with van der Waals surface area (Å²) in [5, 5.41) is 8.42. The monoisotopic (exact) mass is 291 g/mol. The maximum absolute atomic E-state index is 11.4. The van der Waals surface area contributed by atoms with E-state index >= 15 is 0 Å². The zero-order chi connectivity index (χ0) is 15.1. The third-order valence-corrected chi connectivity index (χ3v) is 4.44. The molecule has 0 unspecified atom stereocenters. The molecular weight excluding hydrogens is 274 g/mol. The molecule has 0 spiro atoms. The van der Waals surface area contributed by atoms with Crippen LogP contribution in [0.1, 0.15) is 17.9 Å². The Kier molecular flexibility index (Phi) is 2.96. The van der Waals surface area contributed by atoms with Gasteiger partial charge in [0.15, 0.2) is 0 Å². The second-order valence-electron chi connectivity index (χ2n) is 5.84. The summed E-state index contributed by atoms with van der Waals surface area (Å²) in [6, 6.07) is 14.8. The van der Waals surface area contributed by atoms with Crippen LogP contribution in [0, 0.1) is 0 Å². The molecule has 1 amide bonds. The SMILES string of the molecule is Cn1ncc2c(-c3cccc([C@H]4CNC(=O)C4)c3)cccc21. The van der Waals surface area contributed by atoms with Crippen LogP contribution in [0.25, 0.3) is 22.0 Å². The minimum absolute atomic E-state index is 0.143. The van der Waals surface area contributed by atoms with Gasteiger partial charge in [-0.05, 0) is 22.8 Å². The number of benzene rings is 2. The van der Waals surface area contributed by atoms with Gasteiger partial charge in [-0.15, -0.1) is 0 Å². The van der Waals surface area contributed by atoms with Gasteiger partial charge >= 0.3 is 0 Å². The van der Waals surface area contributed by atoms with Crippen molar-refractivity contribution >= 4 is 16.8 Å². The lowest BCUT2D eigenvalue weighted by molar-refractivity contribution is -0.119. The molecule has 4 heteroatoms. The summed E-state index contributed by atoms with van der Waals surface area (Å²) in [6.45, 7) is 0.735. The zero-order valence-corrected chi connectivity index (χ0v) is 12.4. The van der Waals surface area contributed by atoms with Gasteiger partial charge in [0, 0.05) is 31.3 Å². The Balaban J connectivity index is 1.80. The molecule has 1 aromatic heterocycles. The molecule has 1 aliphatic rings. The molecule has 0 saturated carbocycles. The predicted octanol–water partition coefficient (Wildman–Crippen LogP) is 2.84. The summed E-state index contributed by atoms with van der Waals surface area (Å²) in [6.07, 6.45) is 2.50. The van der Waals surface area contributed by atoms with Crippen LogP contribution in [0.2, 0.25) is 0 Å². The number of carbonyl (C=O) groups is 1. The van der Waals surface area contributed by atoms with Crippen molar-refractivity contribution in [3.8, 4) is 11.1 Å². The minimum atomic E-state index is 0.143. The van der Waals surface area contributed by atoms with Gasteiger partial charge in [-0.25, -0.2) is 0 Å². The van der Waals surface area contributed by atoms with Gasteiger partial charge in [0.2, 0.25) is 5.91 Å². The first kappa shape index (κ1) is 13.1. The van der Waals surface area contributed by atoms with E-state index in [4.69, 9.17) is 0 Å². The predicted molar refractivity (Wildman–Crippen MR) is 86.5 cm³/mol. The molecule has 1 aliphatic heterocycles. The largest absolute Gasteiger partial charge is 0.355 e. The Morgan fingerprint density at radius 3 is 2.91 bits per heavy atom. The quantitative estimate of drug-likeness (QED) is 0.789. The standard InChI is InChI=1S/C18H17N3O/c1-21-17-7-3-6-15(16(17)11-20-21)13-5-2-4-12(8-13)14-9-18(22)19-10-14/h2-8,11,14H,9-10H2,1H3,(H,19,22)/t14-/m1/s1. The van der Waals surface area contributed by atoms with E-state index in [1.54, 1.807) is 0 Å². The fraction of sp³-hybridized carbons (Fsp3) is 0.222. The highest BCUT2D eigenvalue weighted by atomic mass is 16.1. The topological polar surface area (TPSA) is 46.9 Å². The van der Waals surface area contributed by atoms with Crippen LogP contribution >= 0.6 is 0 Å². The Morgan fingerprint density at radius 2 is 2.09 bits per heavy atom. The first-order chi connectivity index (χ1) is 10.7. The first-order valence-electron chi connectivity index (χ1n) is 7.50. The van der Waals surface area contributed by atoms with Gasteiger partial charge in [-0.3, -0.25) is 9.48 Å². The van der Waals surface area contributed by atoms with Crippen LogP contribution in [-0.2, 0) is 11.8 Å². The molecule has 1 fully saturated rings. The van der Waals surface area contributed by atoms with Crippen molar-refractivity contribution in [1.82, 2.24) is 15.1 Å². The third-order valence-electron chi connectivity index (χ3n) is 4.44. The Hall–Kier alpha value is -2.62. The number of nitrogens with one attached hydrogen (secondary N) is 1. The molecule has 3 aromatic rings. The Morgan fingerprint density at radius 1 is 1.23 bits per heavy atom. The average Bonchev–Trinajstić information content (AvgIpc) is 3.14. The molecular formula is C18H17N3O. The lowest BCUT2D eigenvalue weighted by Crippen LogP contribution is -2.13. The van der Waals surface area contributed by atoms with Crippen molar-refractivity contribution in [2.45, 2.75) is 12.3 Å². The summed E-state index contributed by atoms with van der Waals surface area (Å²) in [7, 11) is 1.96. The highest BCUT2D eigenvalue weighted by molar-refractivity contribution is 5.94. The van der Waals surface area contributed by atoms with Gasteiger partial charge in [-0.2, -0.15) is 5.10 Å². The van der Waals surface area contributed by atoms with Crippen LogP contribution in [-0.4, -0.2) is 22.2 Å². The van der Waals surface area contributed by atoms with Crippen molar-refractivity contribution in [3.63, 3.8) is 0 Å². The smallest absolute Gasteiger partial charge is 0.220 e. The molecule has 0 radical (unpaired) electrons. The number of carbonyl (C=O) groups excluding carboxylic acids is 1. The molecule has 2 heterocycles. The number of hydrogen-bond acceptors (Lipinski definition) is 2. The lowest BCUT2D eigenvalue weighted by atomic mass is 9.93. The van der Waals surface area contributed by atoms with Gasteiger partial charge in [0.1, 0.15) is 0 Å². The Labute approximate surface area is 128 Å². The van der Waals surface area contributed by atoms with E-state index in [0.29, 0.717) is 6.42 Å². The average molecular weight is 291 g/mol. The maximum Gasteiger partial charge on any atom is 0.220 e. The number of hydrogen-bond donors (Lipinski definition) is 1. The summed E-state index contributed by atoms with van der Waals surface area (Å²) in [5.41, 5.74) is 4.71. The summed E-state index contributed by atoms with van der Waals surface area (Å²) < 4.78 is 1.89. The Bertz CT molecular complexity index is 866. The number of nitrogens with zero attached hydrogens (tertiary/aromatic N) is 2. The highest BCUT2D eigenvalue weighted by Crippen LogP contribution is 2.31. The van der Waals surface area contributed by atoms with Gasteiger partial charge in [0.05, 0.1) is 11.7 Å². The molecule has 4 nitrogen and oxygen atoms in total. The van der Waals surface area contributed by atoms with Crippen LogP contribution in [0.4, 0.5) is 0 Å². The minimum Gasteiger partial charge on any atom is -0.355 e. The maximum atomic E-state index is 11.4. The van der Waals surface area contributed by atoms with E-state index in [1.807, 2.05) is 17.9 Å². The second-order valence-corrected chi connectivity index (χ2v) is 5.84. The van der Waals surface area contributed by atoms with E-state index in [0.717, 1.165) is 17.4 Å². The van der Waals surface area contributed by atoms with E-state index in [1.165, 1.54) is 16.7 Å². The normalized spacial score (nSPS) is 17.9. The highest BCUT2D eigenvalue weighted by Gasteiger charge is 2.23. The van der Waals surface area contributed by atoms with Gasteiger partial charge < -0.3 is 5.32 Å². The van der Waals surface area contributed by atoms with Crippen LogP contribution < -0.4 is 5.32 Å². The second kappa shape index (κ2) is 4.98. The molecule has 22 heavy (non-hydrogen) atoms. The lowest BCUT2D eigenvalue weighted by Gasteiger charge is -2.11. The summed E-state index contributed by atoms with van der Waals surface area (Å²) >= 11 is 0. The molecule has 1 saturated heterocycles. The third kappa shape index (κ3) is 2.08. The van der Waals surface area contributed by atoms with E-state index in [2.05, 4.69) is 52.9 Å². The number of rotatable bonds is 2. The van der Waals surface area contributed by atoms with Gasteiger partial charge in [-0.1, -0.05) is 36.4 Å². The van der Waals surface area contributed by atoms with Gasteiger partial charge in [0.25, 0.3) is 0 Å². The molecule has 4 rings (SSSR count). The van der Waals surface area contributed by atoms with Crippen LogP contribution in [0.3, 0.4) is 0 Å².